The molecule has 5 N–H and O–H groups in total. The van der Waals surface area contributed by atoms with E-state index in [0.29, 0.717) is 13.0 Å². The minimum Gasteiger partial charge on any atom is -0.388 e. The molecule has 1 atom stereocenters. The van der Waals surface area contributed by atoms with Gasteiger partial charge in [0.1, 0.15) is 5.82 Å². The van der Waals surface area contributed by atoms with E-state index in [9.17, 15) is 15.2 Å². The molecular weight excluding hydrogens is 266 g/mol. The van der Waals surface area contributed by atoms with Crippen LogP contribution in [0.2, 0.25) is 0 Å². The zero-order valence-electron chi connectivity index (χ0n) is 11.4. The van der Waals surface area contributed by atoms with E-state index < -0.39 is 10.5 Å². The normalized spacial score (nSPS) is 13.6. The lowest BCUT2D eigenvalue weighted by Crippen LogP contribution is -2.35. The van der Waals surface area contributed by atoms with Gasteiger partial charge in [0.15, 0.2) is 0 Å². The summed E-state index contributed by atoms with van der Waals surface area (Å²) in [7, 11) is 1.53. The maximum absolute atomic E-state index is 10.9. The average molecular weight is 285 g/mol. The van der Waals surface area contributed by atoms with Crippen LogP contribution in [0.4, 0.5) is 17.3 Å². The van der Waals surface area contributed by atoms with Crippen LogP contribution in [0.1, 0.15) is 13.3 Å². The van der Waals surface area contributed by atoms with Gasteiger partial charge in [0.05, 0.1) is 10.5 Å². The van der Waals surface area contributed by atoms with Crippen molar-refractivity contribution in [2.75, 3.05) is 31.0 Å². The van der Waals surface area contributed by atoms with E-state index in [4.69, 9.17) is 10.6 Å². The number of nitrogens with zero attached hydrogens (tertiary/aromatic N) is 2. The Morgan fingerprint density at radius 1 is 1.60 bits per heavy atom. The maximum atomic E-state index is 10.9. The second-order valence-electron chi connectivity index (χ2n) is 4.56. The van der Waals surface area contributed by atoms with E-state index in [0.717, 1.165) is 0 Å². The quantitative estimate of drug-likeness (QED) is 0.307. The molecule has 0 aromatic carbocycles. The highest BCUT2D eigenvalue weighted by molar-refractivity contribution is 5.60. The van der Waals surface area contributed by atoms with E-state index in [2.05, 4.69) is 15.7 Å². The Kier molecular flexibility index (Phi) is 5.62. The molecule has 9 nitrogen and oxygen atoms in total. The summed E-state index contributed by atoms with van der Waals surface area (Å²) in [6.45, 7) is 2.09. The van der Waals surface area contributed by atoms with Crippen LogP contribution >= 0.6 is 0 Å². The molecule has 0 bridgehead atoms. The Balaban J connectivity index is 2.82. The molecule has 0 aliphatic heterocycles. The molecule has 0 aliphatic rings. The lowest BCUT2D eigenvalue weighted by molar-refractivity contribution is -0.384. The van der Waals surface area contributed by atoms with Crippen molar-refractivity contribution in [3.05, 3.63) is 22.2 Å². The molecule has 0 saturated heterocycles. The number of ether oxygens (including phenoxy) is 1. The Morgan fingerprint density at radius 3 is 2.85 bits per heavy atom. The van der Waals surface area contributed by atoms with Crippen molar-refractivity contribution < 1.29 is 14.8 Å². The minimum absolute atomic E-state index is 0.0446. The summed E-state index contributed by atoms with van der Waals surface area (Å²) in [6.07, 6.45) is 0.388. The fourth-order valence-corrected chi connectivity index (χ4v) is 1.49. The number of pyridine rings is 1. The first kappa shape index (κ1) is 16.1. The van der Waals surface area contributed by atoms with Gasteiger partial charge in [0, 0.05) is 32.7 Å². The third-order valence-electron chi connectivity index (χ3n) is 2.70. The van der Waals surface area contributed by atoms with Crippen LogP contribution < -0.4 is 16.6 Å². The van der Waals surface area contributed by atoms with Gasteiger partial charge < -0.3 is 20.6 Å². The second-order valence-corrected chi connectivity index (χ2v) is 4.56. The van der Waals surface area contributed by atoms with Gasteiger partial charge in [0.2, 0.25) is 5.82 Å². The number of hydrogen-bond acceptors (Lipinski definition) is 8. The highest BCUT2D eigenvalue weighted by Gasteiger charge is 2.23. The van der Waals surface area contributed by atoms with Crippen LogP contribution in [-0.4, -0.2) is 40.9 Å². The smallest absolute Gasteiger partial charge is 0.311 e. The summed E-state index contributed by atoms with van der Waals surface area (Å²) in [5.74, 6) is 5.55. The molecule has 1 aromatic heterocycles. The van der Waals surface area contributed by atoms with E-state index in [-0.39, 0.29) is 23.9 Å². The van der Waals surface area contributed by atoms with Crippen LogP contribution in [0.3, 0.4) is 0 Å². The summed E-state index contributed by atoms with van der Waals surface area (Å²) < 4.78 is 4.89. The number of nitrogens with one attached hydrogen (secondary N) is 2. The summed E-state index contributed by atoms with van der Waals surface area (Å²) in [4.78, 5) is 14.3. The molecule has 0 radical (unpaired) electrons. The van der Waals surface area contributed by atoms with Crippen LogP contribution in [0.15, 0.2) is 12.1 Å². The molecule has 1 heterocycles. The number of hydrazine groups is 1. The maximum Gasteiger partial charge on any atom is 0.311 e. The lowest BCUT2D eigenvalue weighted by Gasteiger charge is -2.23. The van der Waals surface area contributed by atoms with Gasteiger partial charge in [0.25, 0.3) is 0 Å². The molecule has 0 amide bonds. The zero-order chi connectivity index (χ0) is 15.2. The van der Waals surface area contributed by atoms with Crippen LogP contribution in [0.25, 0.3) is 0 Å². The molecule has 0 spiro atoms. The molecule has 9 heteroatoms. The standard InChI is InChI=1S/C11H19N5O4/c1-11(17,5-6-20-2)7-13-10-8(16(18)19)3-4-9(14-10)15-12/h3-4,17H,5-7,12H2,1-2H3,(H2,13,14,15). The zero-order valence-corrected chi connectivity index (χ0v) is 11.4. The lowest BCUT2D eigenvalue weighted by atomic mass is 10.0. The van der Waals surface area contributed by atoms with Crippen LogP contribution in [-0.2, 0) is 4.74 Å². The Labute approximate surface area is 116 Å². The number of aromatic nitrogens is 1. The van der Waals surface area contributed by atoms with Crippen LogP contribution in [0, 0.1) is 10.1 Å². The monoisotopic (exact) mass is 285 g/mol. The van der Waals surface area contributed by atoms with Crippen molar-refractivity contribution >= 4 is 17.3 Å². The molecule has 0 fully saturated rings. The van der Waals surface area contributed by atoms with Crippen molar-refractivity contribution in [1.82, 2.24) is 4.98 Å². The number of nitrogens with two attached hydrogens (primary N) is 1. The summed E-state index contributed by atoms with van der Waals surface area (Å²) >= 11 is 0. The van der Waals surface area contributed by atoms with Crippen molar-refractivity contribution in [2.45, 2.75) is 18.9 Å². The van der Waals surface area contributed by atoms with E-state index in [1.807, 2.05) is 0 Å². The van der Waals surface area contributed by atoms with Crippen molar-refractivity contribution in [3.63, 3.8) is 0 Å². The Bertz CT molecular complexity index is 466. The average Bonchev–Trinajstić information content (AvgIpc) is 2.42. The first-order valence-corrected chi connectivity index (χ1v) is 5.97. The first-order valence-electron chi connectivity index (χ1n) is 5.97. The predicted octanol–water partition coefficient (Wildman–Crippen LogP) is 0.475. The van der Waals surface area contributed by atoms with Gasteiger partial charge in [-0.15, -0.1) is 0 Å². The van der Waals surface area contributed by atoms with Gasteiger partial charge in [-0.05, 0) is 13.0 Å². The molecule has 20 heavy (non-hydrogen) atoms. The van der Waals surface area contributed by atoms with Crippen molar-refractivity contribution in [1.29, 1.82) is 0 Å². The number of methoxy groups -OCH3 is 1. The SMILES string of the molecule is COCCC(C)(O)CNc1nc(NN)ccc1[N+](=O)[O-]. The summed E-state index contributed by atoms with van der Waals surface area (Å²) in [5, 5.41) is 23.8. The molecule has 1 rings (SSSR count). The van der Waals surface area contributed by atoms with E-state index >= 15 is 0 Å². The first-order chi connectivity index (χ1) is 9.39. The van der Waals surface area contributed by atoms with Gasteiger partial charge in [-0.1, -0.05) is 0 Å². The molecule has 0 aliphatic carbocycles. The molecular formula is C11H19N5O4. The van der Waals surface area contributed by atoms with Crippen LogP contribution in [0.5, 0.6) is 0 Å². The fraction of sp³-hybridized carbons (Fsp3) is 0.545. The van der Waals surface area contributed by atoms with E-state index in [1.165, 1.54) is 19.2 Å². The second kappa shape index (κ2) is 6.98. The minimum atomic E-state index is -1.07. The molecule has 1 aromatic rings. The molecule has 112 valence electrons. The summed E-state index contributed by atoms with van der Waals surface area (Å²) in [5.41, 5.74) is 1.05. The number of aliphatic hydroxyl groups is 1. The Morgan fingerprint density at radius 2 is 2.30 bits per heavy atom. The number of hydrogen-bond donors (Lipinski definition) is 4. The third-order valence-corrected chi connectivity index (χ3v) is 2.70. The van der Waals surface area contributed by atoms with Gasteiger partial charge in [-0.3, -0.25) is 10.1 Å². The molecule has 1 unspecified atom stereocenters. The van der Waals surface area contributed by atoms with Gasteiger partial charge >= 0.3 is 5.69 Å². The van der Waals surface area contributed by atoms with E-state index in [1.54, 1.807) is 6.92 Å². The number of rotatable bonds is 8. The number of nitro groups is 1. The van der Waals surface area contributed by atoms with Gasteiger partial charge in [-0.25, -0.2) is 10.8 Å². The predicted molar refractivity (Wildman–Crippen MR) is 74.3 cm³/mol. The van der Waals surface area contributed by atoms with Gasteiger partial charge in [-0.2, -0.15) is 0 Å². The topological polar surface area (TPSA) is 136 Å². The van der Waals surface area contributed by atoms with Crippen molar-refractivity contribution in [2.24, 2.45) is 5.84 Å². The largest absolute Gasteiger partial charge is 0.388 e. The highest BCUT2D eigenvalue weighted by Crippen LogP contribution is 2.24. The highest BCUT2D eigenvalue weighted by atomic mass is 16.6. The van der Waals surface area contributed by atoms with Crippen molar-refractivity contribution in [3.8, 4) is 0 Å². The number of anilines is 2. The summed E-state index contributed by atoms with van der Waals surface area (Å²) in [6, 6.07) is 2.68. The third kappa shape index (κ3) is 4.61. The molecule has 0 saturated carbocycles. The fourth-order valence-electron chi connectivity index (χ4n) is 1.49. The Hall–Kier alpha value is -1.97. The number of nitrogen functional groups attached to an aromatic ring is 1.